The third-order valence-electron chi connectivity index (χ3n) is 15.6. The number of aliphatic hydroxyl groups is 1. The lowest BCUT2D eigenvalue weighted by molar-refractivity contribution is -0.144. The Balaban J connectivity index is 0.776. The van der Waals surface area contributed by atoms with E-state index in [-0.39, 0.29) is 110 Å². The lowest BCUT2D eigenvalue weighted by atomic mass is 9.85. The van der Waals surface area contributed by atoms with Crippen LogP contribution in [0.3, 0.4) is 0 Å². The van der Waals surface area contributed by atoms with Crippen molar-refractivity contribution >= 4 is 83.8 Å². The number of nitriles is 1. The number of nitrogen functional groups attached to an aromatic ring is 1. The van der Waals surface area contributed by atoms with Gasteiger partial charge in [0.2, 0.25) is 17.7 Å². The number of likely N-dealkylation sites (tertiary alicyclic amines) is 2. The number of amides is 3. The number of halogens is 3. The molecule has 3 amide bonds. The number of aryl methyl sites for hydroxylation is 1. The number of anilines is 2. The van der Waals surface area contributed by atoms with Crippen molar-refractivity contribution in [1.82, 2.24) is 40.7 Å². The normalized spacial score (nSPS) is 21.4. The SMILES string of the molecule is Cc1ncsc1-c1ccc([C@H](C)NC(=O)[C@@H]2C[C@@H](O)CN2C(=O)[C@@H](NC(=O)CCCCN2CCC[C@H]2COc2nc(N3CC4CCC(C3)N4)c3cc(Cl)c(-c4ccc(F)c5sc(N)c(C#N)c45)c(F)c3n2)C(C)(C)C)cc1. The highest BCUT2D eigenvalue weighted by atomic mass is 35.5. The first kappa shape index (κ1) is 54.3. The molecule has 16 nitrogen and oxygen atoms in total. The summed E-state index contributed by atoms with van der Waals surface area (Å²) in [4.78, 5) is 62.6. The first-order valence-corrected chi connectivity index (χ1v) is 28.5. The van der Waals surface area contributed by atoms with E-state index < -0.39 is 41.1 Å². The number of fused-ring (bicyclic) bond motifs is 4. The molecule has 10 rings (SSSR count). The molecule has 7 heterocycles. The second-order valence-electron chi connectivity index (χ2n) is 22.1. The number of aliphatic hydroxyl groups excluding tert-OH is 1. The summed E-state index contributed by atoms with van der Waals surface area (Å²) >= 11 is 9.44. The number of ether oxygens (including phenoxy) is 1. The Hall–Kier alpha value is -6.08. The molecule has 4 aliphatic heterocycles. The van der Waals surface area contributed by atoms with Gasteiger partial charge in [-0.2, -0.15) is 15.2 Å². The standard InChI is InChI=1S/C56H64ClF2N11O5S2/c1-29(31-11-13-32(14-12-31)48-30(2)62-28-76-48)63-53(73)42-21-36(71)26-70(42)54(74)50(56(3,4)5)65-43(72)10-6-7-19-68-20-8-9-35(68)27-75-55-66-47-38(52(67-55)69-24-33-15-16-34(25-69)64-33)22-40(57)45(46(47)59)37-17-18-41(58)49-44(37)39(23-60)51(61)77-49/h11-14,17-18,22,28-29,33-36,42,50,64,71H,6-10,15-16,19-21,24-27,61H2,1-5H3,(H,63,73)(H,65,72)/t29-,33?,34?,35-,36+,42-,50+/m0/s1. The van der Waals surface area contributed by atoms with Crippen LogP contribution in [0.25, 0.3) is 42.6 Å². The molecule has 6 N–H and O–H groups in total. The Morgan fingerprint density at radius 1 is 1.05 bits per heavy atom. The summed E-state index contributed by atoms with van der Waals surface area (Å²) in [6.45, 7) is 12.5. The highest BCUT2D eigenvalue weighted by Crippen LogP contribution is 2.46. The molecule has 2 unspecified atom stereocenters. The zero-order chi connectivity index (χ0) is 54.4. The molecule has 3 aromatic carbocycles. The van der Waals surface area contributed by atoms with Crippen molar-refractivity contribution in [2.45, 2.75) is 128 Å². The van der Waals surface area contributed by atoms with Gasteiger partial charge in [0.05, 0.1) is 43.5 Å². The van der Waals surface area contributed by atoms with Crippen molar-refractivity contribution in [2.75, 3.05) is 50.0 Å². The number of nitrogens with two attached hydrogens (primary N) is 1. The van der Waals surface area contributed by atoms with Crippen molar-refractivity contribution < 1.29 is 33.0 Å². The van der Waals surface area contributed by atoms with Crippen LogP contribution >= 0.6 is 34.3 Å². The molecule has 0 aliphatic carbocycles. The van der Waals surface area contributed by atoms with Gasteiger partial charge < -0.3 is 41.3 Å². The monoisotopic (exact) mass is 1110 g/mol. The van der Waals surface area contributed by atoms with Crippen molar-refractivity contribution in [3.8, 4) is 33.6 Å². The fourth-order valence-electron chi connectivity index (χ4n) is 11.6. The van der Waals surface area contributed by atoms with Gasteiger partial charge in [-0.25, -0.2) is 13.8 Å². The van der Waals surface area contributed by atoms with E-state index in [0.717, 1.165) is 65.3 Å². The van der Waals surface area contributed by atoms with E-state index in [1.165, 1.54) is 17.0 Å². The van der Waals surface area contributed by atoms with Gasteiger partial charge in [0.1, 0.15) is 46.9 Å². The summed E-state index contributed by atoms with van der Waals surface area (Å²) in [5.41, 5.74) is 10.4. The van der Waals surface area contributed by atoms with Gasteiger partial charge in [-0.05, 0) is 99.7 Å². The van der Waals surface area contributed by atoms with Gasteiger partial charge >= 0.3 is 6.01 Å². The van der Waals surface area contributed by atoms with Gasteiger partial charge in [-0.15, -0.1) is 22.7 Å². The topological polar surface area (TPSA) is 215 Å². The number of rotatable bonds is 16. The maximum absolute atomic E-state index is 17.3. The summed E-state index contributed by atoms with van der Waals surface area (Å²) in [5, 5.41) is 31.2. The van der Waals surface area contributed by atoms with Gasteiger partial charge in [0, 0.05) is 66.9 Å². The zero-order valence-electron chi connectivity index (χ0n) is 43.8. The van der Waals surface area contributed by atoms with Crippen LogP contribution in [0.1, 0.15) is 102 Å². The summed E-state index contributed by atoms with van der Waals surface area (Å²) in [6.07, 6.45) is 4.43. The summed E-state index contributed by atoms with van der Waals surface area (Å²) in [5.74, 6) is -1.89. The number of piperazine rings is 1. The predicted octanol–water partition coefficient (Wildman–Crippen LogP) is 8.65. The van der Waals surface area contributed by atoms with Crippen LogP contribution in [-0.2, 0) is 14.4 Å². The number of aromatic nitrogens is 3. The molecule has 3 aromatic heterocycles. The molecular formula is C56H64ClF2N11O5S2. The lowest BCUT2D eigenvalue weighted by Crippen LogP contribution is -2.57. The quantitative estimate of drug-likeness (QED) is 0.0575. The third-order valence-corrected chi connectivity index (χ3v) is 17.9. The van der Waals surface area contributed by atoms with E-state index in [1.54, 1.807) is 17.4 Å². The van der Waals surface area contributed by atoms with E-state index in [1.807, 2.05) is 64.4 Å². The van der Waals surface area contributed by atoms with Crippen LogP contribution in [0.4, 0.5) is 19.6 Å². The number of carbonyl (C=O) groups excluding carboxylic acids is 3. The second kappa shape index (κ2) is 22.3. The summed E-state index contributed by atoms with van der Waals surface area (Å²) in [6, 6.07) is 12.5. The molecule has 4 saturated heterocycles. The fraction of sp³-hybridized carbons (Fsp3) is 0.482. The van der Waals surface area contributed by atoms with Crippen LogP contribution in [-0.4, -0.2) is 123 Å². The molecule has 4 aliphatic rings. The highest BCUT2D eigenvalue weighted by Gasteiger charge is 2.45. The largest absolute Gasteiger partial charge is 0.462 e. The molecule has 7 atom stereocenters. The van der Waals surface area contributed by atoms with Crippen LogP contribution in [0.5, 0.6) is 6.01 Å². The fourth-order valence-corrected chi connectivity index (χ4v) is 13.6. The van der Waals surface area contributed by atoms with E-state index >= 15 is 8.78 Å². The number of benzene rings is 3. The summed E-state index contributed by atoms with van der Waals surface area (Å²) < 4.78 is 38.9. The molecule has 406 valence electrons. The van der Waals surface area contributed by atoms with E-state index in [0.29, 0.717) is 43.7 Å². The molecule has 6 aromatic rings. The van der Waals surface area contributed by atoms with E-state index in [4.69, 9.17) is 27.1 Å². The van der Waals surface area contributed by atoms with Crippen LogP contribution in [0.15, 0.2) is 48.0 Å². The van der Waals surface area contributed by atoms with Crippen LogP contribution in [0, 0.1) is 35.3 Å². The number of β-amino-alcohol motifs (C(OH)–C–C–N with tert-alkyl or cyclic N) is 1. The Labute approximate surface area is 459 Å². The molecule has 2 bridgehead atoms. The van der Waals surface area contributed by atoms with E-state index in [2.05, 4.69) is 41.8 Å². The van der Waals surface area contributed by atoms with Crippen molar-refractivity contribution in [1.29, 1.82) is 5.26 Å². The average molecular weight is 1110 g/mol. The number of carbonyl (C=O) groups is 3. The number of unbranched alkanes of at least 4 members (excludes halogenated alkanes) is 1. The van der Waals surface area contributed by atoms with Crippen LogP contribution < -0.4 is 31.3 Å². The van der Waals surface area contributed by atoms with Crippen molar-refractivity contribution in [3.63, 3.8) is 0 Å². The van der Waals surface area contributed by atoms with E-state index in [9.17, 15) is 24.8 Å². The first-order chi connectivity index (χ1) is 36.9. The minimum Gasteiger partial charge on any atom is -0.462 e. The maximum atomic E-state index is 17.3. The Kier molecular flexibility index (Phi) is 15.8. The van der Waals surface area contributed by atoms with Gasteiger partial charge in [-0.3, -0.25) is 19.3 Å². The predicted molar refractivity (Wildman–Crippen MR) is 297 cm³/mol. The Morgan fingerprint density at radius 3 is 2.51 bits per heavy atom. The Bertz CT molecular complexity index is 3260. The maximum Gasteiger partial charge on any atom is 0.319 e. The number of nitrogens with one attached hydrogen (secondary N) is 3. The van der Waals surface area contributed by atoms with Crippen molar-refractivity contribution in [2.24, 2.45) is 5.41 Å². The molecule has 4 fully saturated rings. The molecule has 0 saturated carbocycles. The first-order valence-electron chi connectivity index (χ1n) is 26.4. The number of thiophene rings is 1. The summed E-state index contributed by atoms with van der Waals surface area (Å²) in [7, 11) is 0. The second-order valence-corrected chi connectivity index (χ2v) is 24.4. The Morgan fingerprint density at radius 2 is 1.81 bits per heavy atom. The number of hydrogen-bond donors (Lipinski definition) is 5. The lowest BCUT2D eigenvalue weighted by Gasteiger charge is -2.35. The molecular weight excluding hydrogens is 1040 g/mol. The average Bonchev–Trinajstić information content (AvgIpc) is 4.32. The minimum atomic E-state index is -0.942. The molecule has 0 spiro atoms. The third kappa shape index (κ3) is 11.2. The van der Waals surface area contributed by atoms with Crippen LogP contribution in [0.2, 0.25) is 5.02 Å². The number of nitrogens with zero attached hydrogens (tertiary/aromatic N) is 7. The molecule has 0 radical (unpaired) electrons. The number of thiazole rings is 1. The highest BCUT2D eigenvalue weighted by molar-refractivity contribution is 7.23. The molecule has 21 heteroatoms. The van der Waals surface area contributed by atoms with Gasteiger partial charge in [0.25, 0.3) is 0 Å². The number of hydrogen-bond acceptors (Lipinski definition) is 15. The minimum absolute atomic E-state index is 0.000857. The van der Waals surface area contributed by atoms with Gasteiger partial charge in [-0.1, -0.05) is 62.7 Å². The van der Waals surface area contributed by atoms with Crippen molar-refractivity contribution in [3.05, 3.63) is 81.5 Å². The smallest absolute Gasteiger partial charge is 0.319 e. The molecule has 77 heavy (non-hydrogen) atoms. The van der Waals surface area contributed by atoms with Gasteiger partial charge in [0.15, 0.2) is 5.82 Å². The zero-order valence-corrected chi connectivity index (χ0v) is 46.2.